The maximum absolute atomic E-state index is 12.8. The Morgan fingerprint density at radius 1 is 1.10 bits per heavy atom. The molecule has 7 nitrogen and oxygen atoms in total. The minimum Gasteiger partial charge on any atom is -0.370 e. The Morgan fingerprint density at radius 2 is 1.93 bits per heavy atom. The molecule has 0 aliphatic heterocycles. The van der Waals surface area contributed by atoms with Crippen LogP contribution in [0.15, 0.2) is 48.7 Å². The van der Waals surface area contributed by atoms with E-state index in [1.807, 2.05) is 18.3 Å². The van der Waals surface area contributed by atoms with Gasteiger partial charge in [-0.15, -0.1) is 0 Å². The second kappa shape index (κ2) is 8.63. The quantitative estimate of drug-likeness (QED) is 0.489. The van der Waals surface area contributed by atoms with E-state index in [2.05, 4.69) is 30.9 Å². The van der Waals surface area contributed by atoms with E-state index in [1.165, 1.54) is 12.1 Å². The SMILES string of the molecule is Cc1cc(NCCc2ccc[nH]2)nc(NC(=O)Nc2cccc(C(F)(F)F)c2)n1. The molecule has 0 spiro atoms. The summed E-state index contributed by atoms with van der Waals surface area (Å²) in [5.74, 6) is 0.565. The molecule has 0 fully saturated rings. The molecule has 0 aliphatic carbocycles. The van der Waals surface area contributed by atoms with Crippen LogP contribution in [-0.4, -0.2) is 27.5 Å². The van der Waals surface area contributed by atoms with Crippen molar-refractivity contribution in [2.75, 3.05) is 22.5 Å². The van der Waals surface area contributed by atoms with Crippen molar-refractivity contribution in [3.05, 3.63) is 65.6 Å². The Labute approximate surface area is 164 Å². The molecule has 2 heterocycles. The summed E-state index contributed by atoms with van der Waals surface area (Å²) in [7, 11) is 0. The first-order valence-corrected chi connectivity index (χ1v) is 8.77. The fourth-order valence-electron chi connectivity index (χ4n) is 2.60. The van der Waals surface area contributed by atoms with Crippen molar-refractivity contribution in [3.8, 4) is 0 Å². The van der Waals surface area contributed by atoms with Crippen LogP contribution in [0.5, 0.6) is 0 Å². The molecule has 0 atom stereocenters. The zero-order valence-corrected chi connectivity index (χ0v) is 15.5. The number of aromatic amines is 1. The minimum absolute atomic E-state index is 0.00859. The van der Waals surface area contributed by atoms with Gasteiger partial charge < -0.3 is 15.6 Å². The van der Waals surface area contributed by atoms with Gasteiger partial charge in [-0.05, 0) is 37.3 Å². The third-order valence-electron chi connectivity index (χ3n) is 3.89. The molecule has 0 unspecified atom stereocenters. The van der Waals surface area contributed by atoms with Crippen LogP contribution in [0.3, 0.4) is 0 Å². The lowest BCUT2D eigenvalue weighted by Gasteiger charge is -2.11. The summed E-state index contributed by atoms with van der Waals surface area (Å²) in [5, 5.41) is 7.93. The number of rotatable bonds is 6. The largest absolute Gasteiger partial charge is 0.416 e. The van der Waals surface area contributed by atoms with E-state index < -0.39 is 17.8 Å². The van der Waals surface area contributed by atoms with Crippen LogP contribution in [0.1, 0.15) is 17.0 Å². The Hall–Kier alpha value is -3.56. The number of carbonyl (C=O) groups excluding carboxylic acids is 1. The predicted molar refractivity (Wildman–Crippen MR) is 104 cm³/mol. The van der Waals surface area contributed by atoms with Crippen LogP contribution in [0.25, 0.3) is 0 Å². The highest BCUT2D eigenvalue weighted by molar-refractivity contribution is 5.98. The number of hydrogen-bond donors (Lipinski definition) is 4. The van der Waals surface area contributed by atoms with E-state index in [4.69, 9.17) is 0 Å². The van der Waals surface area contributed by atoms with Gasteiger partial charge in [0.1, 0.15) is 5.82 Å². The summed E-state index contributed by atoms with van der Waals surface area (Å²) >= 11 is 0. The normalized spacial score (nSPS) is 11.2. The van der Waals surface area contributed by atoms with E-state index >= 15 is 0 Å². The standard InChI is InChI=1S/C19H19F3N6O/c1-12-10-16(24-9-7-14-6-3-8-23-14)27-17(25-12)28-18(29)26-15-5-2-4-13(11-15)19(20,21)22/h2-6,8,10-11,23H,7,9H2,1H3,(H3,24,25,26,27,28,29). The van der Waals surface area contributed by atoms with E-state index in [1.54, 1.807) is 13.0 Å². The number of amides is 2. The summed E-state index contributed by atoms with van der Waals surface area (Å²) in [5.41, 5.74) is 0.851. The number of urea groups is 1. The van der Waals surface area contributed by atoms with Crippen molar-refractivity contribution in [1.82, 2.24) is 15.0 Å². The van der Waals surface area contributed by atoms with Gasteiger partial charge in [-0.1, -0.05) is 6.07 Å². The number of hydrogen-bond acceptors (Lipinski definition) is 4. The monoisotopic (exact) mass is 404 g/mol. The summed E-state index contributed by atoms with van der Waals surface area (Å²) in [6.07, 6.45) is -1.89. The first-order chi connectivity index (χ1) is 13.8. The third-order valence-corrected chi connectivity index (χ3v) is 3.89. The fraction of sp³-hybridized carbons (Fsp3) is 0.211. The van der Waals surface area contributed by atoms with Crippen molar-refractivity contribution in [1.29, 1.82) is 0 Å². The number of benzene rings is 1. The van der Waals surface area contributed by atoms with Gasteiger partial charge in [-0.25, -0.2) is 9.78 Å². The van der Waals surface area contributed by atoms with Gasteiger partial charge >= 0.3 is 12.2 Å². The van der Waals surface area contributed by atoms with Gasteiger partial charge in [0, 0.05) is 42.3 Å². The smallest absolute Gasteiger partial charge is 0.370 e. The van der Waals surface area contributed by atoms with Crippen molar-refractivity contribution in [2.45, 2.75) is 19.5 Å². The van der Waals surface area contributed by atoms with Gasteiger partial charge in [-0.3, -0.25) is 5.32 Å². The van der Waals surface area contributed by atoms with Crippen molar-refractivity contribution in [3.63, 3.8) is 0 Å². The number of alkyl halides is 3. The van der Waals surface area contributed by atoms with Crippen LogP contribution in [0, 0.1) is 6.92 Å². The van der Waals surface area contributed by atoms with Gasteiger partial charge in [-0.2, -0.15) is 18.2 Å². The molecule has 1 aromatic carbocycles. The van der Waals surface area contributed by atoms with E-state index in [0.717, 1.165) is 24.2 Å². The molecule has 10 heteroatoms. The number of aromatic nitrogens is 3. The molecule has 0 bridgehead atoms. The van der Waals surface area contributed by atoms with Gasteiger partial charge in [0.2, 0.25) is 5.95 Å². The maximum atomic E-state index is 12.8. The summed E-state index contributed by atoms with van der Waals surface area (Å²) in [6, 6.07) is 9.22. The van der Waals surface area contributed by atoms with E-state index in [-0.39, 0.29) is 11.6 Å². The Balaban J connectivity index is 1.60. The summed E-state index contributed by atoms with van der Waals surface area (Å²) < 4.78 is 38.3. The van der Waals surface area contributed by atoms with E-state index in [0.29, 0.717) is 18.1 Å². The maximum Gasteiger partial charge on any atom is 0.416 e. The second-order valence-corrected chi connectivity index (χ2v) is 6.25. The molecule has 2 amide bonds. The highest BCUT2D eigenvalue weighted by Crippen LogP contribution is 2.30. The molecule has 2 aromatic heterocycles. The lowest BCUT2D eigenvalue weighted by Crippen LogP contribution is -2.22. The fourth-order valence-corrected chi connectivity index (χ4v) is 2.60. The molecule has 0 saturated heterocycles. The topological polar surface area (TPSA) is 94.7 Å². The van der Waals surface area contributed by atoms with Crippen LogP contribution in [-0.2, 0) is 12.6 Å². The molecular weight excluding hydrogens is 385 g/mol. The van der Waals surface area contributed by atoms with Gasteiger partial charge in [0.15, 0.2) is 0 Å². The number of halogens is 3. The van der Waals surface area contributed by atoms with Crippen LogP contribution in [0.4, 0.5) is 35.4 Å². The highest BCUT2D eigenvalue weighted by atomic mass is 19.4. The van der Waals surface area contributed by atoms with Crippen molar-refractivity contribution < 1.29 is 18.0 Å². The average Bonchev–Trinajstić information content (AvgIpc) is 3.14. The lowest BCUT2D eigenvalue weighted by atomic mass is 10.2. The first kappa shape index (κ1) is 20.2. The second-order valence-electron chi connectivity index (χ2n) is 6.25. The number of nitrogens with one attached hydrogen (secondary N) is 4. The molecular formula is C19H19F3N6O. The zero-order valence-electron chi connectivity index (χ0n) is 15.5. The van der Waals surface area contributed by atoms with E-state index in [9.17, 15) is 18.0 Å². The molecule has 3 rings (SSSR count). The predicted octanol–water partition coefficient (Wildman–Crippen LogP) is 4.43. The Morgan fingerprint density at radius 3 is 2.66 bits per heavy atom. The van der Waals surface area contributed by atoms with Gasteiger partial charge in [0.05, 0.1) is 5.56 Å². The molecule has 4 N–H and O–H groups in total. The molecule has 0 saturated carbocycles. The Kier molecular flexibility index (Phi) is 6.01. The van der Waals surface area contributed by atoms with Crippen LogP contribution < -0.4 is 16.0 Å². The van der Waals surface area contributed by atoms with Crippen molar-refractivity contribution >= 4 is 23.5 Å². The van der Waals surface area contributed by atoms with Crippen LogP contribution >= 0.6 is 0 Å². The minimum atomic E-state index is -4.49. The third kappa shape index (κ3) is 5.96. The number of nitrogens with zero attached hydrogens (tertiary/aromatic N) is 2. The summed E-state index contributed by atoms with van der Waals surface area (Å²) in [6.45, 7) is 2.36. The number of aryl methyl sites for hydroxylation is 1. The van der Waals surface area contributed by atoms with Gasteiger partial charge in [0.25, 0.3) is 0 Å². The number of carbonyl (C=O) groups is 1. The zero-order chi connectivity index (χ0) is 20.9. The van der Waals surface area contributed by atoms with Crippen LogP contribution in [0.2, 0.25) is 0 Å². The molecule has 3 aromatic rings. The molecule has 152 valence electrons. The molecule has 0 aliphatic rings. The lowest BCUT2D eigenvalue weighted by molar-refractivity contribution is -0.137. The average molecular weight is 404 g/mol. The highest BCUT2D eigenvalue weighted by Gasteiger charge is 2.30. The summed E-state index contributed by atoms with van der Waals surface area (Å²) in [4.78, 5) is 23.6. The number of H-pyrrole nitrogens is 1. The molecule has 0 radical (unpaired) electrons. The number of anilines is 3. The Bertz CT molecular complexity index is 972. The first-order valence-electron chi connectivity index (χ1n) is 8.77. The van der Waals surface area contributed by atoms with Crippen molar-refractivity contribution in [2.24, 2.45) is 0 Å². The molecule has 29 heavy (non-hydrogen) atoms.